The second-order valence-electron chi connectivity index (χ2n) is 13.6. The molecule has 2 bridgehead atoms. The van der Waals surface area contributed by atoms with Crippen LogP contribution in [0.1, 0.15) is 71.9 Å². The molecule has 0 N–H and O–H groups in total. The molecule has 1 unspecified atom stereocenters. The summed E-state index contributed by atoms with van der Waals surface area (Å²) >= 11 is 0. The number of benzene rings is 1. The SMILES string of the molecule is COCOc1cc(-c2cnn(C3CCCCO3)c2)ccc1-c1cc2c(nn1)N([C@@H]1C[C@H]3CC[C@@H](C1)N3C(=O)OC(C)(C)C)CCO2. The molecule has 2 aromatic heterocycles. The summed E-state index contributed by atoms with van der Waals surface area (Å²) in [5.41, 5.74) is 2.89. The molecule has 6 heterocycles. The van der Waals surface area contributed by atoms with Crippen LogP contribution < -0.4 is 14.4 Å². The molecule has 3 fully saturated rings. The Balaban J connectivity index is 1.11. The van der Waals surface area contributed by atoms with Gasteiger partial charge in [0, 0.05) is 55.2 Å². The predicted molar refractivity (Wildman–Crippen MR) is 171 cm³/mol. The van der Waals surface area contributed by atoms with Crippen LogP contribution in [0.2, 0.25) is 0 Å². The third-order valence-electron chi connectivity index (χ3n) is 9.33. The Morgan fingerprint density at radius 3 is 2.57 bits per heavy atom. The van der Waals surface area contributed by atoms with E-state index in [-0.39, 0.29) is 37.2 Å². The molecule has 3 saturated heterocycles. The zero-order valence-electron chi connectivity index (χ0n) is 27.2. The van der Waals surface area contributed by atoms with Crippen molar-refractivity contribution >= 4 is 11.9 Å². The molecule has 4 aliphatic heterocycles. The van der Waals surface area contributed by atoms with Crippen LogP contribution in [0.4, 0.5) is 10.6 Å². The van der Waals surface area contributed by atoms with Crippen molar-refractivity contribution < 1.29 is 28.5 Å². The maximum atomic E-state index is 13.0. The molecule has 3 aromatic rings. The number of aromatic nitrogens is 4. The molecule has 46 heavy (non-hydrogen) atoms. The maximum absolute atomic E-state index is 13.0. The van der Waals surface area contributed by atoms with E-state index in [1.807, 2.05) is 67.0 Å². The van der Waals surface area contributed by atoms with E-state index < -0.39 is 5.60 Å². The quantitative estimate of drug-likeness (QED) is 0.295. The van der Waals surface area contributed by atoms with Gasteiger partial charge in [-0.05, 0) is 83.4 Å². The normalized spacial score (nSPS) is 24.3. The molecule has 0 aliphatic carbocycles. The maximum Gasteiger partial charge on any atom is 0.410 e. The number of fused-ring (bicyclic) bond motifs is 3. The lowest BCUT2D eigenvalue weighted by atomic mass is 9.95. The lowest BCUT2D eigenvalue weighted by Gasteiger charge is -2.44. The molecular weight excluding hydrogens is 588 g/mol. The van der Waals surface area contributed by atoms with E-state index >= 15 is 0 Å². The minimum atomic E-state index is -0.508. The topological polar surface area (TPSA) is 113 Å². The van der Waals surface area contributed by atoms with Gasteiger partial charge in [-0.25, -0.2) is 9.48 Å². The summed E-state index contributed by atoms with van der Waals surface area (Å²) < 4.78 is 31.0. The second-order valence-corrected chi connectivity index (χ2v) is 13.6. The van der Waals surface area contributed by atoms with E-state index in [2.05, 4.69) is 15.1 Å². The van der Waals surface area contributed by atoms with Gasteiger partial charge in [-0.15, -0.1) is 10.2 Å². The molecule has 4 aliphatic rings. The van der Waals surface area contributed by atoms with Crippen molar-refractivity contribution in [2.45, 2.75) is 95.7 Å². The minimum absolute atomic E-state index is 0.0241. The van der Waals surface area contributed by atoms with Crippen LogP contribution >= 0.6 is 0 Å². The van der Waals surface area contributed by atoms with Crippen LogP contribution in [0.3, 0.4) is 0 Å². The van der Waals surface area contributed by atoms with Crippen LogP contribution in [0, 0.1) is 0 Å². The van der Waals surface area contributed by atoms with Crippen LogP contribution in [0.25, 0.3) is 22.4 Å². The summed E-state index contributed by atoms with van der Waals surface area (Å²) in [7, 11) is 1.60. The molecule has 246 valence electrons. The number of nitrogens with zero attached hydrogens (tertiary/aromatic N) is 6. The molecule has 0 radical (unpaired) electrons. The van der Waals surface area contributed by atoms with Gasteiger partial charge < -0.3 is 33.5 Å². The first-order valence-corrected chi connectivity index (χ1v) is 16.5. The van der Waals surface area contributed by atoms with Crippen LogP contribution in [0.15, 0.2) is 36.7 Å². The standard InChI is InChI=1S/C34H44N6O6/c1-34(2,3)46-33(41)40-24-9-10-25(40)17-26(16-24)38-12-14-43-30-18-28(36-37-32(30)38)27-11-8-22(15-29(27)45-21-42-4)23-19-35-39(20-23)31-7-5-6-13-44-31/h8,11,15,18-20,24-26,31H,5-7,9-10,12-14,16-17,21H2,1-4H3/t24-,25+,26-,31?. The minimum Gasteiger partial charge on any atom is -0.488 e. The van der Waals surface area contributed by atoms with E-state index in [0.29, 0.717) is 23.8 Å². The highest BCUT2D eigenvalue weighted by molar-refractivity contribution is 5.76. The van der Waals surface area contributed by atoms with Gasteiger partial charge >= 0.3 is 6.09 Å². The number of amides is 1. The first-order valence-electron chi connectivity index (χ1n) is 16.5. The van der Waals surface area contributed by atoms with Gasteiger partial charge in [-0.3, -0.25) is 0 Å². The Hall–Kier alpha value is -3.90. The Bertz CT molecular complexity index is 1540. The molecule has 7 rings (SSSR count). The van der Waals surface area contributed by atoms with E-state index in [1.54, 1.807) is 7.11 Å². The summed E-state index contributed by atoms with van der Waals surface area (Å²) in [6, 6.07) is 8.55. The van der Waals surface area contributed by atoms with Crippen LogP contribution in [-0.4, -0.2) is 88.4 Å². The zero-order valence-corrected chi connectivity index (χ0v) is 27.2. The van der Waals surface area contributed by atoms with Gasteiger partial charge in [0.05, 0.1) is 12.7 Å². The van der Waals surface area contributed by atoms with Crippen LogP contribution in [-0.2, 0) is 14.2 Å². The molecule has 12 nitrogen and oxygen atoms in total. The molecule has 0 spiro atoms. The molecular formula is C34H44N6O6. The van der Waals surface area contributed by atoms with Crippen molar-refractivity contribution in [1.29, 1.82) is 0 Å². The second kappa shape index (κ2) is 12.7. The summed E-state index contributed by atoms with van der Waals surface area (Å²) in [5.74, 6) is 2.08. The number of hydrogen-bond acceptors (Lipinski definition) is 10. The average molecular weight is 633 g/mol. The van der Waals surface area contributed by atoms with E-state index in [1.165, 1.54) is 0 Å². The van der Waals surface area contributed by atoms with Gasteiger partial charge in [0.25, 0.3) is 0 Å². The number of carbonyl (C=O) groups excluding carboxylic acids is 1. The van der Waals surface area contributed by atoms with Crippen molar-refractivity contribution in [3.63, 3.8) is 0 Å². The van der Waals surface area contributed by atoms with Crippen molar-refractivity contribution in [2.24, 2.45) is 0 Å². The Morgan fingerprint density at radius 2 is 1.83 bits per heavy atom. The van der Waals surface area contributed by atoms with Gasteiger partial charge in [0.2, 0.25) is 0 Å². The first-order chi connectivity index (χ1) is 22.3. The number of rotatable bonds is 7. The van der Waals surface area contributed by atoms with E-state index in [0.717, 1.165) is 80.6 Å². The fourth-order valence-corrected chi connectivity index (χ4v) is 7.27. The number of piperidine rings is 1. The monoisotopic (exact) mass is 632 g/mol. The van der Waals surface area contributed by atoms with Gasteiger partial charge in [0.15, 0.2) is 18.4 Å². The fraction of sp³-hybridized carbons (Fsp3) is 0.588. The number of methoxy groups -OCH3 is 1. The third kappa shape index (κ3) is 6.24. The number of hydrogen-bond donors (Lipinski definition) is 0. The van der Waals surface area contributed by atoms with Gasteiger partial charge in [0.1, 0.15) is 29.9 Å². The Kier molecular flexibility index (Phi) is 8.50. The van der Waals surface area contributed by atoms with Crippen molar-refractivity contribution in [3.8, 4) is 33.9 Å². The molecule has 12 heteroatoms. The van der Waals surface area contributed by atoms with Crippen molar-refractivity contribution in [1.82, 2.24) is 24.9 Å². The summed E-state index contributed by atoms with van der Waals surface area (Å²) in [5, 5.41) is 14.0. The molecule has 1 aromatic carbocycles. The highest BCUT2D eigenvalue weighted by atomic mass is 16.7. The van der Waals surface area contributed by atoms with Gasteiger partial charge in [-0.1, -0.05) is 6.07 Å². The summed E-state index contributed by atoms with van der Waals surface area (Å²) in [6.45, 7) is 7.90. The van der Waals surface area contributed by atoms with Crippen molar-refractivity contribution in [2.75, 3.05) is 38.6 Å². The summed E-state index contributed by atoms with van der Waals surface area (Å²) in [4.78, 5) is 17.3. The molecule has 1 amide bonds. The molecule has 4 atom stereocenters. The lowest BCUT2D eigenvalue weighted by molar-refractivity contribution is -0.0394. The van der Waals surface area contributed by atoms with E-state index in [4.69, 9.17) is 28.8 Å². The zero-order chi connectivity index (χ0) is 31.8. The third-order valence-corrected chi connectivity index (χ3v) is 9.33. The van der Waals surface area contributed by atoms with Crippen molar-refractivity contribution in [3.05, 3.63) is 36.7 Å². The van der Waals surface area contributed by atoms with Crippen LogP contribution in [0.5, 0.6) is 11.5 Å². The summed E-state index contributed by atoms with van der Waals surface area (Å²) in [6.07, 6.45) is 10.6. The largest absolute Gasteiger partial charge is 0.488 e. The number of anilines is 1. The highest BCUT2D eigenvalue weighted by Gasteiger charge is 2.47. The lowest BCUT2D eigenvalue weighted by Crippen LogP contribution is -2.55. The Morgan fingerprint density at radius 1 is 1.00 bits per heavy atom. The highest BCUT2D eigenvalue weighted by Crippen LogP contribution is 2.43. The molecule has 0 saturated carbocycles. The number of carbonyl (C=O) groups is 1. The predicted octanol–water partition coefficient (Wildman–Crippen LogP) is 5.82. The average Bonchev–Trinajstić information content (AvgIpc) is 3.65. The smallest absolute Gasteiger partial charge is 0.410 e. The van der Waals surface area contributed by atoms with E-state index in [9.17, 15) is 4.79 Å². The fourth-order valence-electron chi connectivity index (χ4n) is 7.27. The Labute approximate surface area is 269 Å². The van der Waals surface area contributed by atoms with Gasteiger partial charge in [-0.2, -0.15) is 5.10 Å². The first kappa shape index (κ1) is 30.7. The number of ether oxygens (including phenoxy) is 5.